The highest BCUT2D eigenvalue weighted by atomic mass is 16.4. The summed E-state index contributed by atoms with van der Waals surface area (Å²) in [6.45, 7) is -0.250. The van der Waals surface area contributed by atoms with E-state index in [1.165, 1.54) is 0 Å². The van der Waals surface area contributed by atoms with Gasteiger partial charge in [-0.05, 0) is 6.42 Å². The standard InChI is InChI=1S/C5H8O3.CH2O2/c6-4-2-1-3-5(7)8;2-1-3/h4H,1-3H2,(H,7,8);1H,(H,2,3). The van der Waals surface area contributed by atoms with E-state index in [1.54, 1.807) is 0 Å². The molecule has 0 atom stereocenters. The summed E-state index contributed by atoms with van der Waals surface area (Å²) >= 11 is 0. The molecule has 2 N–H and O–H groups in total. The smallest absolute Gasteiger partial charge is 0.303 e. The van der Waals surface area contributed by atoms with Crippen LogP contribution in [0.3, 0.4) is 0 Å². The Bertz CT molecular complexity index is 120. The van der Waals surface area contributed by atoms with Crippen molar-refractivity contribution in [3.8, 4) is 0 Å². The summed E-state index contributed by atoms with van der Waals surface area (Å²) in [6.07, 6.45) is 1.63. The first kappa shape index (κ1) is 12.3. The molecule has 11 heavy (non-hydrogen) atoms. The van der Waals surface area contributed by atoms with Gasteiger partial charge in [0.15, 0.2) is 0 Å². The normalized spacial score (nSPS) is 7.27. The Morgan fingerprint density at radius 1 is 1.36 bits per heavy atom. The van der Waals surface area contributed by atoms with Gasteiger partial charge >= 0.3 is 5.97 Å². The van der Waals surface area contributed by atoms with Crippen molar-refractivity contribution in [3.05, 3.63) is 0 Å². The number of rotatable bonds is 4. The number of carbonyl (C=O) groups is 3. The lowest BCUT2D eigenvalue weighted by Gasteiger charge is -1.85. The Hall–Kier alpha value is -1.39. The van der Waals surface area contributed by atoms with Gasteiger partial charge in [-0.25, -0.2) is 0 Å². The molecular weight excluding hydrogens is 152 g/mol. The van der Waals surface area contributed by atoms with E-state index in [0.717, 1.165) is 6.29 Å². The average molecular weight is 162 g/mol. The monoisotopic (exact) mass is 162 g/mol. The molecule has 0 aliphatic rings. The third-order valence-electron chi connectivity index (χ3n) is 0.713. The van der Waals surface area contributed by atoms with Gasteiger partial charge in [-0.2, -0.15) is 0 Å². The predicted molar refractivity (Wildman–Crippen MR) is 36.2 cm³/mol. The van der Waals surface area contributed by atoms with Crippen LogP contribution in [0.25, 0.3) is 0 Å². The Morgan fingerprint density at radius 2 is 1.82 bits per heavy atom. The van der Waals surface area contributed by atoms with Crippen molar-refractivity contribution in [2.75, 3.05) is 0 Å². The topological polar surface area (TPSA) is 91.7 Å². The number of hydrogen-bond acceptors (Lipinski definition) is 3. The fraction of sp³-hybridized carbons (Fsp3) is 0.500. The maximum Gasteiger partial charge on any atom is 0.303 e. The minimum atomic E-state index is -0.841. The van der Waals surface area contributed by atoms with Gasteiger partial charge < -0.3 is 15.0 Å². The Kier molecular flexibility index (Phi) is 12.8. The van der Waals surface area contributed by atoms with Crippen LogP contribution >= 0.6 is 0 Å². The third kappa shape index (κ3) is 28.9. The van der Waals surface area contributed by atoms with Gasteiger partial charge in [-0.1, -0.05) is 0 Å². The third-order valence-corrected chi connectivity index (χ3v) is 0.713. The van der Waals surface area contributed by atoms with Gasteiger partial charge in [0.2, 0.25) is 0 Å². The molecule has 5 nitrogen and oxygen atoms in total. The molecule has 0 aliphatic carbocycles. The Labute approximate surface area is 63.6 Å². The number of carbonyl (C=O) groups excluding carboxylic acids is 1. The number of aldehydes is 1. The van der Waals surface area contributed by atoms with E-state index in [4.69, 9.17) is 15.0 Å². The molecule has 0 saturated carbocycles. The second-order valence-electron chi connectivity index (χ2n) is 1.56. The van der Waals surface area contributed by atoms with E-state index in [1.807, 2.05) is 0 Å². The van der Waals surface area contributed by atoms with E-state index in [0.29, 0.717) is 12.8 Å². The van der Waals surface area contributed by atoms with E-state index >= 15 is 0 Å². The molecule has 0 aromatic carbocycles. The summed E-state index contributed by atoms with van der Waals surface area (Å²) < 4.78 is 0. The molecule has 0 aromatic rings. The van der Waals surface area contributed by atoms with Crippen molar-refractivity contribution in [1.82, 2.24) is 0 Å². The molecule has 0 fully saturated rings. The van der Waals surface area contributed by atoms with Crippen LogP contribution in [0.2, 0.25) is 0 Å². The SMILES string of the molecule is O=CCCCC(=O)O.O=CO. The number of unbranched alkanes of at least 4 members (excludes halogenated alkanes) is 1. The average Bonchev–Trinajstić information content (AvgIpc) is 1.89. The van der Waals surface area contributed by atoms with E-state index < -0.39 is 5.97 Å². The van der Waals surface area contributed by atoms with Crippen LogP contribution in [0.5, 0.6) is 0 Å². The van der Waals surface area contributed by atoms with Crippen molar-refractivity contribution >= 4 is 18.7 Å². The largest absolute Gasteiger partial charge is 0.483 e. The van der Waals surface area contributed by atoms with Crippen molar-refractivity contribution in [1.29, 1.82) is 0 Å². The molecule has 0 unspecified atom stereocenters. The lowest BCUT2D eigenvalue weighted by molar-refractivity contribution is -0.137. The van der Waals surface area contributed by atoms with Crippen molar-refractivity contribution < 1.29 is 24.6 Å². The van der Waals surface area contributed by atoms with E-state index in [-0.39, 0.29) is 12.9 Å². The zero-order valence-corrected chi connectivity index (χ0v) is 5.90. The van der Waals surface area contributed by atoms with Crippen molar-refractivity contribution in [2.24, 2.45) is 0 Å². The molecule has 0 spiro atoms. The number of carboxylic acids is 1. The van der Waals surface area contributed by atoms with Gasteiger partial charge in [0.05, 0.1) is 0 Å². The first-order chi connectivity index (χ1) is 5.18. The second kappa shape index (κ2) is 11.4. The van der Waals surface area contributed by atoms with Gasteiger partial charge in [-0.3, -0.25) is 9.59 Å². The molecule has 0 amide bonds. The summed E-state index contributed by atoms with van der Waals surface area (Å²) in [5.41, 5.74) is 0. The molecule has 0 aromatic heterocycles. The quantitative estimate of drug-likeness (QED) is 0.453. The highest BCUT2D eigenvalue weighted by Gasteiger charge is 1.93. The molecular formula is C6H10O5. The maximum absolute atomic E-state index is 9.76. The molecule has 64 valence electrons. The molecule has 0 radical (unpaired) electrons. The van der Waals surface area contributed by atoms with Crippen LogP contribution in [-0.4, -0.2) is 28.9 Å². The molecule has 0 aliphatic heterocycles. The van der Waals surface area contributed by atoms with Crippen LogP contribution < -0.4 is 0 Å². The van der Waals surface area contributed by atoms with Crippen molar-refractivity contribution in [2.45, 2.75) is 19.3 Å². The van der Waals surface area contributed by atoms with Crippen LogP contribution in [0.4, 0.5) is 0 Å². The minimum absolute atomic E-state index is 0.0960. The maximum atomic E-state index is 9.76. The highest BCUT2D eigenvalue weighted by Crippen LogP contribution is 1.90. The van der Waals surface area contributed by atoms with Gasteiger partial charge in [0.25, 0.3) is 6.47 Å². The van der Waals surface area contributed by atoms with E-state index in [9.17, 15) is 9.59 Å². The first-order valence-corrected chi connectivity index (χ1v) is 2.92. The molecule has 0 saturated heterocycles. The Morgan fingerprint density at radius 3 is 2.09 bits per heavy atom. The molecule has 0 heterocycles. The minimum Gasteiger partial charge on any atom is -0.483 e. The Balaban J connectivity index is 0. The fourth-order valence-electron chi connectivity index (χ4n) is 0.337. The fourth-order valence-corrected chi connectivity index (χ4v) is 0.337. The zero-order chi connectivity index (χ0) is 9.11. The van der Waals surface area contributed by atoms with E-state index in [2.05, 4.69) is 0 Å². The lowest BCUT2D eigenvalue weighted by atomic mass is 10.2. The summed E-state index contributed by atoms with van der Waals surface area (Å²) in [7, 11) is 0. The number of carboxylic acid groups (broad SMARTS) is 2. The van der Waals surface area contributed by atoms with Crippen LogP contribution in [-0.2, 0) is 14.4 Å². The first-order valence-electron chi connectivity index (χ1n) is 2.92. The lowest BCUT2D eigenvalue weighted by Crippen LogP contribution is -1.93. The van der Waals surface area contributed by atoms with Crippen LogP contribution in [0, 0.1) is 0 Å². The highest BCUT2D eigenvalue weighted by molar-refractivity contribution is 5.67. The molecule has 5 heteroatoms. The predicted octanol–water partition coefficient (Wildman–Crippen LogP) is 0.141. The number of hydrogen-bond donors (Lipinski definition) is 2. The van der Waals surface area contributed by atoms with Crippen LogP contribution in [0.15, 0.2) is 0 Å². The van der Waals surface area contributed by atoms with Gasteiger partial charge in [0.1, 0.15) is 6.29 Å². The second-order valence-corrected chi connectivity index (χ2v) is 1.56. The summed E-state index contributed by atoms with van der Waals surface area (Å²) in [4.78, 5) is 27.7. The van der Waals surface area contributed by atoms with Gasteiger partial charge in [0, 0.05) is 12.8 Å². The number of aliphatic carboxylic acids is 1. The summed E-state index contributed by atoms with van der Waals surface area (Å²) in [5.74, 6) is -0.841. The molecule has 0 rings (SSSR count). The molecule has 0 bridgehead atoms. The zero-order valence-electron chi connectivity index (χ0n) is 5.90. The van der Waals surface area contributed by atoms with Crippen molar-refractivity contribution in [3.63, 3.8) is 0 Å². The van der Waals surface area contributed by atoms with Crippen LogP contribution in [0.1, 0.15) is 19.3 Å². The summed E-state index contributed by atoms with van der Waals surface area (Å²) in [6, 6.07) is 0. The van der Waals surface area contributed by atoms with Gasteiger partial charge in [-0.15, -0.1) is 0 Å². The summed E-state index contributed by atoms with van der Waals surface area (Å²) in [5, 5.41) is 14.9.